The van der Waals surface area contributed by atoms with E-state index in [1.807, 2.05) is 18.2 Å². The first-order valence-electron chi connectivity index (χ1n) is 9.05. The van der Waals surface area contributed by atoms with Crippen LogP contribution in [-0.4, -0.2) is 38.8 Å². The number of benzene rings is 2. The Morgan fingerprint density at radius 2 is 1.90 bits per heavy atom. The molecule has 2 N–H and O–H groups in total. The first-order chi connectivity index (χ1) is 14.6. The number of hydrogen-bond donors (Lipinski definition) is 2. The van der Waals surface area contributed by atoms with E-state index in [2.05, 4.69) is 25.7 Å². The van der Waals surface area contributed by atoms with Gasteiger partial charge in [0.05, 0.1) is 11.9 Å². The Balaban J connectivity index is 1.23. The molecule has 0 unspecified atom stereocenters. The molecule has 0 fully saturated rings. The van der Waals surface area contributed by atoms with E-state index in [1.54, 1.807) is 30.3 Å². The van der Waals surface area contributed by atoms with Gasteiger partial charge in [-0.2, -0.15) is 5.10 Å². The minimum Gasteiger partial charge on any atom is -0.456 e. The van der Waals surface area contributed by atoms with E-state index >= 15 is 0 Å². The first kappa shape index (κ1) is 19.6. The average molecular weight is 426 g/mol. The van der Waals surface area contributed by atoms with E-state index in [-0.39, 0.29) is 37.1 Å². The number of hydrogen-bond acceptors (Lipinski definition) is 7. The lowest BCUT2D eigenvalue weighted by Gasteiger charge is -2.04. The molecule has 4 rings (SSSR count). The van der Waals surface area contributed by atoms with Crippen LogP contribution in [0.2, 0.25) is 5.02 Å². The molecule has 1 amide bonds. The third-order valence-electron chi connectivity index (χ3n) is 4.21. The SMILES string of the molecule is O=C(CCNC(=O)c1n[nH]c2ccccc12)OCc1nnc(-c2ccc(Cl)cc2)o1. The van der Waals surface area contributed by atoms with Crippen molar-refractivity contribution in [1.82, 2.24) is 25.7 Å². The minimum absolute atomic E-state index is 0.00766. The molecular weight excluding hydrogens is 410 g/mol. The Bertz CT molecular complexity index is 1190. The number of fused-ring (bicyclic) bond motifs is 1. The van der Waals surface area contributed by atoms with Crippen molar-refractivity contribution in [2.45, 2.75) is 13.0 Å². The summed E-state index contributed by atoms with van der Waals surface area (Å²) in [6, 6.07) is 14.2. The zero-order valence-corrected chi connectivity index (χ0v) is 16.3. The van der Waals surface area contributed by atoms with Crippen molar-refractivity contribution >= 4 is 34.4 Å². The number of ether oxygens (including phenoxy) is 1. The smallest absolute Gasteiger partial charge is 0.308 e. The number of para-hydroxylation sites is 1. The van der Waals surface area contributed by atoms with Crippen LogP contribution >= 0.6 is 11.6 Å². The maximum absolute atomic E-state index is 12.3. The van der Waals surface area contributed by atoms with Gasteiger partial charge in [-0.15, -0.1) is 10.2 Å². The number of H-pyrrole nitrogens is 1. The van der Waals surface area contributed by atoms with Crippen LogP contribution in [0.1, 0.15) is 22.8 Å². The van der Waals surface area contributed by atoms with Gasteiger partial charge < -0.3 is 14.5 Å². The van der Waals surface area contributed by atoms with Gasteiger partial charge in [0, 0.05) is 22.5 Å². The molecule has 0 radical (unpaired) electrons. The first-order valence-corrected chi connectivity index (χ1v) is 9.43. The van der Waals surface area contributed by atoms with E-state index < -0.39 is 5.97 Å². The lowest BCUT2D eigenvalue weighted by atomic mass is 10.2. The second-order valence-electron chi connectivity index (χ2n) is 6.29. The van der Waals surface area contributed by atoms with Crippen LogP contribution < -0.4 is 5.32 Å². The van der Waals surface area contributed by atoms with Gasteiger partial charge in [-0.25, -0.2) is 0 Å². The number of esters is 1. The Kier molecular flexibility index (Phi) is 5.71. The molecule has 2 aromatic heterocycles. The number of aromatic amines is 1. The number of nitrogens with zero attached hydrogens (tertiary/aromatic N) is 3. The molecule has 0 aliphatic rings. The quantitative estimate of drug-likeness (QED) is 0.436. The van der Waals surface area contributed by atoms with Gasteiger partial charge in [0.15, 0.2) is 12.3 Å². The third kappa shape index (κ3) is 4.47. The van der Waals surface area contributed by atoms with Gasteiger partial charge in [-0.1, -0.05) is 29.8 Å². The second kappa shape index (κ2) is 8.75. The topological polar surface area (TPSA) is 123 Å². The fourth-order valence-corrected chi connectivity index (χ4v) is 2.86. The predicted molar refractivity (Wildman–Crippen MR) is 108 cm³/mol. The van der Waals surface area contributed by atoms with E-state index in [1.165, 1.54) is 0 Å². The number of aromatic nitrogens is 4. The highest BCUT2D eigenvalue weighted by atomic mass is 35.5. The normalized spacial score (nSPS) is 10.8. The van der Waals surface area contributed by atoms with E-state index in [0.29, 0.717) is 21.9 Å². The van der Waals surface area contributed by atoms with E-state index in [0.717, 1.165) is 5.52 Å². The van der Waals surface area contributed by atoms with Gasteiger partial charge in [-0.05, 0) is 30.3 Å². The summed E-state index contributed by atoms with van der Waals surface area (Å²) in [6.07, 6.45) is -0.00766. The third-order valence-corrected chi connectivity index (χ3v) is 4.47. The van der Waals surface area contributed by atoms with Crippen LogP contribution in [-0.2, 0) is 16.1 Å². The van der Waals surface area contributed by atoms with Crippen molar-refractivity contribution in [2.75, 3.05) is 6.54 Å². The zero-order chi connectivity index (χ0) is 20.9. The number of amides is 1. The van der Waals surface area contributed by atoms with Crippen molar-refractivity contribution in [3.8, 4) is 11.5 Å². The Morgan fingerprint density at radius 3 is 2.73 bits per heavy atom. The maximum atomic E-state index is 12.3. The van der Waals surface area contributed by atoms with Gasteiger partial charge in [-0.3, -0.25) is 14.7 Å². The van der Waals surface area contributed by atoms with Crippen LogP contribution in [0, 0.1) is 0 Å². The Hall–Kier alpha value is -3.72. The molecule has 0 aliphatic carbocycles. The standard InChI is InChI=1S/C20H16ClN5O4/c21-13-7-5-12(6-8-13)20-26-24-16(30-20)11-29-17(27)9-10-22-19(28)18-14-3-1-2-4-15(14)23-25-18/h1-8H,9-11H2,(H,22,28)(H,23,25). The highest BCUT2D eigenvalue weighted by Gasteiger charge is 2.15. The molecule has 0 saturated carbocycles. The predicted octanol–water partition coefficient (Wildman–Crippen LogP) is 3.13. The molecule has 30 heavy (non-hydrogen) atoms. The van der Waals surface area contributed by atoms with Crippen molar-refractivity contribution in [3.05, 3.63) is 65.1 Å². The Labute approximate surface area is 175 Å². The Morgan fingerprint density at radius 1 is 1.10 bits per heavy atom. The summed E-state index contributed by atoms with van der Waals surface area (Å²) in [5.41, 5.74) is 1.75. The summed E-state index contributed by atoms with van der Waals surface area (Å²) < 4.78 is 10.6. The molecule has 0 saturated heterocycles. The van der Waals surface area contributed by atoms with Gasteiger partial charge >= 0.3 is 5.97 Å². The fourth-order valence-electron chi connectivity index (χ4n) is 2.73. The number of carbonyl (C=O) groups excluding carboxylic acids is 2. The molecular formula is C20H16ClN5O4. The van der Waals surface area contributed by atoms with E-state index in [9.17, 15) is 9.59 Å². The van der Waals surface area contributed by atoms with Crippen molar-refractivity contribution in [1.29, 1.82) is 0 Å². The molecule has 4 aromatic rings. The number of halogens is 1. The summed E-state index contributed by atoms with van der Waals surface area (Å²) in [6.45, 7) is -0.0456. The second-order valence-corrected chi connectivity index (χ2v) is 6.73. The zero-order valence-electron chi connectivity index (χ0n) is 15.6. The molecule has 0 bridgehead atoms. The number of carbonyl (C=O) groups is 2. The molecule has 10 heteroatoms. The molecule has 0 atom stereocenters. The van der Waals surface area contributed by atoms with Crippen LogP contribution in [0.4, 0.5) is 0 Å². The molecule has 152 valence electrons. The van der Waals surface area contributed by atoms with Gasteiger partial charge in [0.1, 0.15) is 0 Å². The van der Waals surface area contributed by atoms with Crippen LogP contribution in [0.3, 0.4) is 0 Å². The maximum Gasteiger partial charge on any atom is 0.308 e. The highest BCUT2D eigenvalue weighted by Crippen LogP contribution is 2.20. The summed E-state index contributed by atoms with van der Waals surface area (Å²) in [7, 11) is 0. The van der Waals surface area contributed by atoms with Gasteiger partial charge in [0.25, 0.3) is 11.8 Å². The van der Waals surface area contributed by atoms with Crippen molar-refractivity contribution in [2.24, 2.45) is 0 Å². The van der Waals surface area contributed by atoms with Gasteiger partial charge in [0.2, 0.25) is 5.89 Å². The average Bonchev–Trinajstić information content (AvgIpc) is 3.40. The highest BCUT2D eigenvalue weighted by molar-refractivity contribution is 6.30. The lowest BCUT2D eigenvalue weighted by molar-refractivity contribution is -0.145. The van der Waals surface area contributed by atoms with Crippen LogP contribution in [0.15, 0.2) is 52.9 Å². The molecule has 0 spiro atoms. The summed E-state index contributed by atoms with van der Waals surface area (Å²) in [5, 5.41) is 18.5. The number of nitrogens with one attached hydrogen (secondary N) is 2. The van der Waals surface area contributed by atoms with Crippen LogP contribution in [0.25, 0.3) is 22.4 Å². The van der Waals surface area contributed by atoms with Crippen molar-refractivity contribution in [3.63, 3.8) is 0 Å². The summed E-state index contributed by atoms with van der Waals surface area (Å²) in [5.74, 6) is -0.408. The van der Waals surface area contributed by atoms with Crippen LogP contribution in [0.5, 0.6) is 0 Å². The minimum atomic E-state index is -0.506. The van der Waals surface area contributed by atoms with E-state index in [4.69, 9.17) is 20.8 Å². The summed E-state index contributed by atoms with van der Waals surface area (Å²) >= 11 is 5.85. The monoisotopic (exact) mass is 425 g/mol. The fraction of sp³-hybridized carbons (Fsp3) is 0.150. The summed E-state index contributed by atoms with van der Waals surface area (Å²) in [4.78, 5) is 24.2. The molecule has 9 nitrogen and oxygen atoms in total. The lowest BCUT2D eigenvalue weighted by Crippen LogP contribution is -2.27. The molecule has 2 heterocycles. The molecule has 2 aromatic carbocycles. The molecule has 0 aliphatic heterocycles. The number of rotatable bonds is 7. The largest absolute Gasteiger partial charge is 0.456 e. The van der Waals surface area contributed by atoms with Crippen molar-refractivity contribution < 1.29 is 18.7 Å².